The molecule has 2 aromatic rings. The zero-order valence-corrected chi connectivity index (χ0v) is 10.2. The monoisotopic (exact) mass is 262 g/mol. The molecule has 0 aliphatic rings. The Morgan fingerprint density at radius 3 is 2.56 bits per heavy atom. The third kappa shape index (κ3) is 3.25. The van der Waals surface area contributed by atoms with E-state index in [1.54, 1.807) is 30.3 Å². The molecule has 0 radical (unpaired) electrons. The molecule has 0 atom stereocenters. The average Bonchev–Trinajstić information content (AvgIpc) is 2.33. The first kappa shape index (κ1) is 12.5. The summed E-state index contributed by atoms with van der Waals surface area (Å²) in [6, 6.07) is 14.1. The van der Waals surface area contributed by atoms with Crippen molar-refractivity contribution < 1.29 is 14.6 Å². The van der Waals surface area contributed by atoms with E-state index in [9.17, 15) is 4.79 Å². The maximum absolute atomic E-state index is 10.8. The second-order valence-electron chi connectivity index (χ2n) is 3.74. The molecule has 0 saturated carbocycles. The van der Waals surface area contributed by atoms with Crippen molar-refractivity contribution in [3.05, 3.63) is 59.1 Å². The summed E-state index contributed by atoms with van der Waals surface area (Å²) in [5.74, 6) is 0.245. The van der Waals surface area contributed by atoms with Gasteiger partial charge < -0.3 is 9.84 Å². The summed E-state index contributed by atoms with van der Waals surface area (Å²) in [4.78, 5) is 10.8. The van der Waals surface area contributed by atoms with E-state index in [-0.39, 0.29) is 6.42 Å². The topological polar surface area (TPSA) is 46.5 Å². The lowest BCUT2D eigenvalue weighted by atomic mass is 10.1. The van der Waals surface area contributed by atoms with Crippen LogP contribution >= 0.6 is 11.6 Å². The van der Waals surface area contributed by atoms with E-state index in [1.807, 2.05) is 18.2 Å². The molecule has 2 aromatic carbocycles. The summed E-state index contributed by atoms with van der Waals surface area (Å²) < 4.78 is 5.64. The van der Waals surface area contributed by atoms with Crippen LogP contribution in [0.15, 0.2) is 48.5 Å². The number of para-hydroxylation sites is 1. The van der Waals surface area contributed by atoms with Crippen LogP contribution < -0.4 is 4.74 Å². The first-order valence-electron chi connectivity index (χ1n) is 5.38. The van der Waals surface area contributed by atoms with Gasteiger partial charge in [-0.15, -0.1) is 0 Å². The molecule has 3 nitrogen and oxygen atoms in total. The highest BCUT2D eigenvalue weighted by atomic mass is 35.5. The molecule has 0 unspecified atom stereocenters. The lowest BCUT2D eigenvalue weighted by molar-refractivity contribution is -0.136. The normalized spacial score (nSPS) is 10.1. The fourth-order valence-corrected chi connectivity index (χ4v) is 1.76. The number of carbonyl (C=O) groups is 1. The van der Waals surface area contributed by atoms with Crippen LogP contribution in [0, 0.1) is 0 Å². The van der Waals surface area contributed by atoms with E-state index in [1.165, 1.54) is 0 Å². The van der Waals surface area contributed by atoms with Gasteiger partial charge in [0.05, 0.1) is 6.42 Å². The van der Waals surface area contributed by atoms with Gasteiger partial charge in [-0.1, -0.05) is 29.8 Å². The minimum Gasteiger partial charge on any atom is -0.481 e. The molecule has 0 heterocycles. The standard InChI is InChI=1S/C14H11ClO3/c15-11-6-7-13(10(8-11)9-14(16)17)18-12-4-2-1-3-5-12/h1-8H,9H2,(H,16,17). The van der Waals surface area contributed by atoms with Crippen LogP contribution in [-0.2, 0) is 11.2 Å². The highest BCUT2D eigenvalue weighted by molar-refractivity contribution is 6.30. The first-order chi connectivity index (χ1) is 8.65. The van der Waals surface area contributed by atoms with Gasteiger partial charge in [0.15, 0.2) is 0 Å². The van der Waals surface area contributed by atoms with Crippen molar-refractivity contribution in [1.82, 2.24) is 0 Å². The molecule has 18 heavy (non-hydrogen) atoms. The Labute approximate surface area is 110 Å². The van der Waals surface area contributed by atoms with Gasteiger partial charge in [0.1, 0.15) is 11.5 Å². The summed E-state index contributed by atoms with van der Waals surface area (Å²) in [5, 5.41) is 9.34. The number of benzene rings is 2. The zero-order valence-electron chi connectivity index (χ0n) is 9.47. The van der Waals surface area contributed by atoms with Crippen molar-refractivity contribution in [3.63, 3.8) is 0 Å². The molecule has 0 aliphatic heterocycles. The van der Waals surface area contributed by atoms with E-state index >= 15 is 0 Å². The molecule has 0 bridgehead atoms. The van der Waals surface area contributed by atoms with Gasteiger partial charge in [0.2, 0.25) is 0 Å². The smallest absolute Gasteiger partial charge is 0.307 e. The molecule has 0 fully saturated rings. The Kier molecular flexibility index (Phi) is 3.85. The van der Waals surface area contributed by atoms with E-state index in [2.05, 4.69) is 0 Å². The number of hydrogen-bond acceptors (Lipinski definition) is 2. The van der Waals surface area contributed by atoms with Crippen LogP contribution in [0.4, 0.5) is 0 Å². The molecular weight excluding hydrogens is 252 g/mol. The van der Waals surface area contributed by atoms with E-state index in [4.69, 9.17) is 21.4 Å². The van der Waals surface area contributed by atoms with Crippen molar-refractivity contribution in [2.75, 3.05) is 0 Å². The van der Waals surface area contributed by atoms with Gasteiger partial charge in [0, 0.05) is 10.6 Å². The van der Waals surface area contributed by atoms with Crippen LogP contribution in [0.3, 0.4) is 0 Å². The Balaban J connectivity index is 2.29. The fraction of sp³-hybridized carbons (Fsp3) is 0.0714. The number of ether oxygens (including phenoxy) is 1. The molecule has 0 aromatic heterocycles. The molecule has 0 spiro atoms. The fourth-order valence-electron chi connectivity index (χ4n) is 1.56. The summed E-state index contributed by atoms with van der Waals surface area (Å²) >= 11 is 5.85. The van der Waals surface area contributed by atoms with Crippen LogP contribution in [0.25, 0.3) is 0 Å². The third-order valence-electron chi connectivity index (χ3n) is 2.34. The Morgan fingerprint density at radius 2 is 1.89 bits per heavy atom. The number of carboxylic acids is 1. The summed E-state index contributed by atoms with van der Waals surface area (Å²) in [5.41, 5.74) is 0.554. The van der Waals surface area contributed by atoms with Gasteiger partial charge in [-0.25, -0.2) is 0 Å². The highest BCUT2D eigenvalue weighted by Gasteiger charge is 2.09. The van der Waals surface area contributed by atoms with Crippen molar-refractivity contribution in [1.29, 1.82) is 0 Å². The average molecular weight is 263 g/mol. The van der Waals surface area contributed by atoms with Gasteiger partial charge in [-0.3, -0.25) is 4.79 Å². The number of aliphatic carboxylic acids is 1. The van der Waals surface area contributed by atoms with Crippen molar-refractivity contribution >= 4 is 17.6 Å². The maximum Gasteiger partial charge on any atom is 0.307 e. The summed E-state index contributed by atoms with van der Waals surface area (Å²) in [7, 11) is 0. The van der Waals surface area contributed by atoms with Gasteiger partial charge in [-0.05, 0) is 30.3 Å². The van der Waals surface area contributed by atoms with Crippen LogP contribution in [0.1, 0.15) is 5.56 Å². The van der Waals surface area contributed by atoms with Gasteiger partial charge in [0.25, 0.3) is 0 Å². The zero-order chi connectivity index (χ0) is 13.0. The summed E-state index contributed by atoms with van der Waals surface area (Å²) in [6.45, 7) is 0. The Morgan fingerprint density at radius 1 is 1.17 bits per heavy atom. The lowest BCUT2D eigenvalue weighted by Gasteiger charge is -2.10. The number of hydrogen-bond donors (Lipinski definition) is 1. The second kappa shape index (κ2) is 5.56. The van der Waals surface area contributed by atoms with Crippen LogP contribution in [0.5, 0.6) is 11.5 Å². The third-order valence-corrected chi connectivity index (χ3v) is 2.57. The quantitative estimate of drug-likeness (QED) is 0.913. The van der Waals surface area contributed by atoms with Crippen LogP contribution in [-0.4, -0.2) is 11.1 Å². The minimum absolute atomic E-state index is 0.122. The Hall–Kier alpha value is -2.00. The molecule has 0 amide bonds. The predicted octanol–water partition coefficient (Wildman–Crippen LogP) is 3.76. The molecule has 2 rings (SSSR count). The highest BCUT2D eigenvalue weighted by Crippen LogP contribution is 2.28. The maximum atomic E-state index is 10.8. The second-order valence-corrected chi connectivity index (χ2v) is 4.17. The predicted molar refractivity (Wildman–Crippen MR) is 69.3 cm³/mol. The molecule has 92 valence electrons. The number of carboxylic acid groups (broad SMARTS) is 1. The Bertz CT molecular complexity index is 552. The number of rotatable bonds is 4. The van der Waals surface area contributed by atoms with Gasteiger partial charge >= 0.3 is 5.97 Å². The van der Waals surface area contributed by atoms with E-state index in [0.29, 0.717) is 22.1 Å². The largest absolute Gasteiger partial charge is 0.481 e. The molecule has 4 heteroatoms. The lowest BCUT2D eigenvalue weighted by Crippen LogP contribution is -2.02. The molecule has 0 saturated heterocycles. The van der Waals surface area contributed by atoms with E-state index < -0.39 is 5.97 Å². The summed E-state index contributed by atoms with van der Waals surface area (Å²) in [6.07, 6.45) is -0.122. The first-order valence-corrected chi connectivity index (χ1v) is 5.76. The van der Waals surface area contributed by atoms with Crippen molar-refractivity contribution in [2.24, 2.45) is 0 Å². The molecule has 1 N–H and O–H groups in total. The molecule has 0 aliphatic carbocycles. The minimum atomic E-state index is -0.921. The van der Waals surface area contributed by atoms with Crippen LogP contribution in [0.2, 0.25) is 5.02 Å². The van der Waals surface area contributed by atoms with E-state index in [0.717, 1.165) is 0 Å². The van der Waals surface area contributed by atoms with Crippen molar-refractivity contribution in [2.45, 2.75) is 6.42 Å². The van der Waals surface area contributed by atoms with Crippen molar-refractivity contribution in [3.8, 4) is 11.5 Å². The SMILES string of the molecule is O=C(O)Cc1cc(Cl)ccc1Oc1ccccc1. The van der Waals surface area contributed by atoms with Gasteiger partial charge in [-0.2, -0.15) is 0 Å². The number of halogens is 1. The molecular formula is C14H11ClO3.